The minimum absolute atomic E-state index is 0.181. The van der Waals surface area contributed by atoms with Gasteiger partial charge in [0.15, 0.2) is 0 Å². The van der Waals surface area contributed by atoms with Crippen LogP contribution in [-0.4, -0.2) is 43.4 Å². The second kappa shape index (κ2) is 8.89. The van der Waals surface area contributed by atoms with Gasteiger partial charge in [0.25, 0.3) is 5.91 Å². The van der Waals surface area contributed by atoms with Gasteiger partial charge in [-0.25, -0.2) is 0 Å². The van der Waals surface area contributed by atoms with Gasteiger partial charge in [0, 0.05) is 12.6 Å². The molecule has 2 aliphatic rings. The van der Waals surface area contributed by atoms with Gasteiger partial charge >= 0.3 is 0 Å². The number of anilines is 1. The number of hydrogen-bond acceptors (Lipinski definition) is 4. The number of likely N-dealkylation sites (N-methyl/N-ethyl adjacent to an activating group) is 1. The van der Waals surface area contributed by atoms with Crippen molar-refractivity contribution in [3.63, 3.8) is 0 Å². The number of benzene rings is 2. The van der Waals surface area contributed by atoms with Gasteiger partial charge in [-0.3, -0.25) is 14.4 Å². The molecule has 3 amide bonds. The standard InChI is InChI=1S/C24H28N4O3/c1-15(26-23(30)19-12-7-8-14-25-19)22(29)27-21-18-11-4-3-9-16(18)17-10-5-6-13-20(17)28(2)24(21)31/h3-6,9-11,13,15,19,21,25H,7-8,12,14H2,1-2H3,(H,26,30)(H,27,29)/t15-,19?,21-/m0/s1. The number of amides is 3. The van der Waals surface area contributed by atoms with Crippen LogP contribution in [0.3, 0.4) is 0 Å². The predicted molar refractivity (Wildman–Crippen MR) is 119 cm³/mol. The van der Waals surface area contributed by atoms with E-state index in [9.17, 15) is 14.4 Å². The van der Waals surface area contributed by atoms with Crippen LogP contribution in [0.1, 0.15) is 37.8 Å². The van der Waals surface area contributed by atoms with E-state index in [1.807, 2.05) is 48.5 Å². The maximum absolute atomic E-state index is 13.3. The third kappa shape index (κ3) is 4.18. The quantitative estimate of drug-likeness (QED) is 0.707. The van der Waals surface area contributed by atoms with Crippen molar-refractivity contribution in [1.29, 1.82) is 0 Å². The molecule has 1 unspecified atom stereocenters. The predicted octanol–water partition coefficient (Wildman–Crippen LogP) is 2.13. The summed E-state index contributed by atoms with van der Waals surface area (Å²) in [6.07, 6.45) is 2.81. The van der Waals surface area contributed by atoms with Crippen molar-refractivity contribution in [3.8, 4) is 11.1 Å². The Labute approximate surface area is 182 Å². The first-order valence-electron chi connectivity index (χ1n) is 10.8. The van der Waals surface area contributed by atoms with E-state index in [0.717, 1.165) is 48.2 Å². The first-order valence-corrected chi connectivity index (χ1v) is 10.8. The van der Waals surface area contributed by atoms with Crippen molar-refractivity contribution in [2.45, 2.75) is 44.3 Å². The number of rotatable bonds is 4. The van der Waals surface area contributed by atoms with E-state index in [4.69, 9.17) is 0 Å². The zero-order valence-corrected chi connectivity index (χ0v) is 17.9. The van der Waals surface area contributed by atoms with Crippen molar-refractivity contribution in [2.24, 2.45) is 0 Å². The Hall–Kier alpha value is -3.19. The fraction of sp³-hybridized carbons (Fsp3) is 0.375. The second-order valence-corrected chi connectivity index (χ2v) is 8.18. The van der Waals surface area contributed by atoms with Crippen LogP contribution in [0.4, 0.5) is 5.69 Å². The summed E-state index contributed by atoms with van der Waals surface area (Å²) in [4.78, 5) is 40.3. The molecule has 1 saturated heterocycles. The lowest BCUT2D eigenvalue weighted by molar-refractivity contribution is -0.131. The average Bonchev–Trinajstić information content (AvgIpc) is 2.89. The summed E-state index contributed by atoms with van der Waals surface area (Å²) >= 11 is 0. The summed E-state index contributed by atoms with van der Waals surface area (Å²) < 4.78 is 0. The van der Waals surface area contributed by atoms with E-state index >= 15 is 0 Å². The SMILES string of the molecule is C[C@H](NC(=O)C1CCCCN1)C(=O)N[C@@H]1C(=O)N(C)c2ccccc2-c2ccccc21. The van der Waals surface area contributed by atoms with E-state index in [-0.39, 0.29) is 17.9 Å². The highest BCUT2D eigenvalue weighted by Gasteiger charge is 2.34. The van der Waals surface area contributed by atoms with Crippen molar-refractivity contribution in [2.75, 3.05) is 18.5 Å². The van der Waals surface area contributed by atoms with Gasteiger partial charge in [0.1, 0.15) is 12.1 Å². The number of nitrogens with one attached hydrogen (secondary N) is 3. The smallest absolute Gasteiger partial charge is 0.253 e. The van der Waals surface area contributed by atoms with Gasteiger partial charge in [-0.2, -0.15) is 0 Å². The summed E-state index contributed by atoms with van der Waals surface area (Å²) in [6, 6.07) is 13.4. The topological polar surface area (TPSA) is 90.5 Å². The third-order valence-electron chi connectivity index (χ3n) is 6.07. The van der Waals surface area contributed by atoms with Crippen LogP contribution in [0.25, 0.3) is 11.1 Å². The molecule has 0 radical (unpaired) electrons. The van der Waals surface area contributed by atoms with Crippen LogP contribution in [0.5, 0.6) is 0 Å². The average molecular weight is 421 g/mol. The number of hydrogen-bond donors (Lipinski definition) is 3. The van der Waals surface area contributed by atoms with Gasteiger partial charge < -0.3 is 20.9 Å². The molecule has 162 valence electrons. The summed E-state index contributed by atoms with van der Waals surface area (Å²) in [6.45, 7) is 2.44. The highest BCUT2D eigenvalue weighted by atomic mass is 16.2. The fourth-order valence-corrected chi connectivity index (χ4v) is 4.30. The van der Waals surface area contributed by atoms with Crippen LogP contribution in [0, 0.1) is 0 Å². The molecule has 31 heavy (non-hydrogen) atoms. The maximum atomic E-state index is 13.3. The monoisotopic (exact) mass is 420 g/mol. The Morgan fingerprint density at radius 2 is 1.77 bits per heavy atom. The lowest BCUT2D eigenvalue weighted by Gasteiger charge is -2.26. The molecule has 0 aromatic heterocycles. The Morgan fingerprint density at radius 3 is 2.52 bits per heavy atom. The molecule has 0 aliphatic carbocycles. The fourth-order valence-electron chi connectivity index (χ4n) is 4.30. The normalized spacial score (nSPS) is 21.4. The van der Waals surface area contributed by atoms with Gasteiger partial charge in [-0.1, -0.05) is 48.9 Å². The van der Waals surface area contributed by atoms with Crippen molar-refractivity contribution < 1.29 is 14.4 Å². The number of carbonyl (C=O) groups is 3. The molecule has 2 heterocycles. The number of fused-ring (bicyclic) bond motifs is 3. The summed E-state index contributed by atoms with van der Waals surface area (Å²) in [5.41, 5.74) is 3.38. The van der Waals surface area contributed by atoms with E-state index in [1.165, 1.54) is 0 Å². The lowest BCUT2D eigenvalue weighted by Crippen LogP contribution is -2.54. The molecule has 2 aromatic carbocycles. The Kier molecular flexibility index (Phi) is 6.04. The van der Waals surface area contributed by atoms with E-state index in [2.05, 4.69) is 16.0 Å². The minimum atomic E-state index is -0.840. The van der Waals surface area contributed by atoms with Crippen LogP contribution in [0.15, 0.2) is 48.5 Å². The molecular formula is C24H28N4O3. The van der Waals surface area contributed by atoms with Gasteiger partial charge in [0.05, 0.1) is 11.7 Å². The molecule has 0 bridgehead atoms. The molecule has 3 atom stereocenters. The molecule has 7 heteroatoms. The zero-order valence-electron chi connectivity index (χ0n) is 17.9. The Balaban J connectivity index is 1.55. The second-order valence-electron chi connectivity index (χ2n) is 8.18. The summed E-state index contributed by atoms with van der Waals surface area (Å²) in [5.74, 6) is -0.797. The molecule has 7 nitrogen and oxygen atoms in total. The third-order valence-corrected chi connectivity index (χ3v) is 6.07. The molecular weight excluding hydrogens is 392 g/mol. The largest absolute Gasteiger partial charge is 0.343 e. The lowest BCUT2D eigenvalue weighted by atomic mass is 9.95. The Bertz CT molecular complexity index is 1000. The highest BCUT2D eigenvalue weighted by Crippen LogP contribution is 2.39. The van der Waals surface area contributed by atoms with Crippen molar-refractivity contribution in [1.82, 2.24) is 16.0 Å². The molecule has 2 aliphatic heterocycles. The van der Waals surface area contributed by atoms with E-state index in [0.29, 0.717) is 0 Å². The molecule has 1 fully saturated rings. The van der Waals surface area contributed by atoms with E-state index < -0.39 is 18.0 Å². The summed E-state index contributed by atoms with van der Waals surface area (Å²) in [7, 11) is 1.71. The number of carbonyl (C=O) groups excluding carboxylic acids is 3. The van der Waals surface area contributed by atoms with Crippen LogP contribution in [-0.2, 0) is 14.4 Å². The van der Waals surface area contributed by atoms with Gasteiger partial charge in [0.2, 0.25) is 11.8 Å². The van der Waals surface area contributed by atoms with Crippen LogP contribution < -0.4 is 20.9 Å². The molecule has 4 rings (SSSR count). The van der Waals surface area contributed by atoms with Crippen molar-refractivity contribution in [3.05, 3.63) is 54.1 Å². The minimum Gasteiger partial charge on any atom is -0.343 e. The highest BCUT2D eigenvalue weighted by molar-refractivity contribution is 6.06. The first-order chi connectivity index (χ1) is 15.0. The van der Waals surface area contributed by atoms with Crippen molar-refractivity contribution >= 4 is 23.4 Å². The molecule has 3 N–H and O–H groups in total. The number of nitrogens with zero attached hydrogens (tertiary/aromatic N) is 1. The molecule has 2 aromatic rings. The number of piperidine rings is 1. The summed E-state index contributed by atoms with van der Waals surface area (Å²) in [5, 5.41) is 8.84. The Morgan fingerprint density at radius 1 is 1.06 bits per heavy atom. The number of para-hydroxylation sites is 1. The molecule has 0 spiro atoms. The first kappa shape index (κ1) is 21.1. The zero-order chi connectivity index (χ0) is 22.0. The van der Waals surface area contributed by atoms with Crippen LogP contribution >= 0.6 is 0 Å². The van der Waals surface area contributed by atoms with Crippen LogP contribution in [0.2, 0.25) is 0 Å². The van der Waals surface area contributed by atoms with Gasteiger partial charge in [-0.05, 0) is 43.5 Å². The molecule has 0 saturated carbocycles. The maximum Gasteiger partial charge on any atom is 0.253 e. The van der Waals surface area contributed by atoms with E-state index in [1.54, 1.807) is 18.9 Å². The van der Waals surface area contributed by atoms with Gasteiger partial charge in [-0.15, -0.1) is 0 Å².